The van der Waals surface area contributed by atoms with Crippen molar-refractivity contribution in [3.63, 3.8) is 0 Å². The molecule has 2 aliphatic rings. The highest BCUT2D eigenvalue weighted by molar-refractivity contribution is 6.65. The Morgan fingerprint density at radius 3 is 2.75 bits per heavy atom. The van der Waals surface area contributed by atoms with Crippen molar-refractivity contribution in [3.05, 3.63) is 80.1 Å². The number of halogens is 1. The summed E-state index contributed by atoms with van der Waals surface area (Å²) >= 11 is 6.54. The molecule has 0 aliphatic carbocycles. The number of oxime groups is 1. The Labute approximate surface area is 237 Å². The molecule has 2 aliphatic heterocycles. The van der Waals surface area contributed by atoms with E-state index in [2.05, 4.69) is 26.4 Å². The average Bonchev–Trinajstić information content (AvgIpc) is 2.95. The third kappa shape index (κ3) is 4.73. The van der Waals surface area contributed by atoms with Crippen LogP contribution in [0.25, 0.3) is 22.2 Å². The lowest BCUT2D eigenvalue weighted by Gasteiger charge is -2.29. The van der Waals surface area contributed by atoms with E-state index < -0.39 is 7.12 Å². The number of piperidine rings is 1. The van der Waals surface area contributed by atoms with Gasteiger partial charge in [0, 0.05) is 40.9 Å². The second kappa shape index (κ2) is 10.6. The Balaban J connectivity index is 1.41. The van der Waals surface area contributed by atoms with Crippen molar-refractivity contribution in [2.75, 3.05) is 23.3 Å². The lowest BCUT2D eigenvalue weighted by Crippen LogP contribution is -2.38. The van der Waals surface area contributed by atoms with Crippen molar-refractivity contribution >= 4 is 52.9 Å². The summed E-state index contributed by atoms with van der Waals surface area (Å²) in [6, 6.07) is 11.2. The summed E-state index contributed by atoms with van der Waals surface area (Å²) < 4.78 is 11.5. The molecule has 40 heavy (non-hydrogen) atoms. The van der Waals surface area contributed by atoms with Gasteiger partial charge in [-0.25, -0.2) is 0 Å². The molecular weight excluding hydrogens is 527 g/mol. The molecule has 6 rings (SSSR count). The molecule has 2 aromatic carbocycles. The Bertz CT molecular complexity index is 1700. The molecule has 1 unspecified atom stereocenters. The normalized spacial score (nSPS) is 15.6. The summed E-state index contributed by atoms with van der Waals surface area (Å²) in [6.45, 7) is 7.68. The summed E-state index contributed by atoms with van der Waals surface area (Å²) in [4.78, 5) is 20.4. The first-order chi connectivity index (χ1) is 19.3. The van der Waals surface area contributed by atoms with Gasteiger partial charge < -0.3 is 24.4 Å². The fourth-order valence-electron chi connectivity index (χ4n) is 5.68. The van der Waals surface area contributed by atoms with E-state index in [1.54, 1.807) is 12.3 Å². The topological polar surface area (TPSA) is 100 Å². The number of aromatic nitrogens is 1. The van der Waals surface area contributed by atoms with Gasteiger partial charge in [0.15, 0.2) is 5.43 Å². The van der Waals surface area contributed by atoms with Gasteiger partial charge in [-0.05, 0) is 81.5 Å². The standard InChI is InChI=1S/C30H30BClN4O4/c1-17-12-22(29-23(13-17)28(37)18(2)30(39-29)36-10-5-4-6-11-36)19(3)35-25-8-7-9-33-27(25)20-14-21-16-34-40-31(38)26(21)24(32)15-20/h7-9,12-16,19,35,38H,4-6,10-11H2,1-3H3. The molecule has 2 N–H and O–H groups in total. The minimum absolute atomic E-state index is 0.0116. The fourth-order valence-corrected chi connectivity index (χ4v) is 6.00. The van der Waals surface area contributed by atoms with Crippen LogP contribution >= 0.6 is 11.6 Å². The fraction of sp³-hybridized carbons (Fsp3) is 0.300. The Kier molecular flexibility index (Phi) is 7.02. The number of aryl methyl sites for hydroxylation is 1. The van der Waals surface area contributed by atoms with Crippen LogP contribution in [0.1, 0.15) is 54.5 Å². The average molecular weight is 557 g/mol. The van der Waals surface area contributed by atoms with E-state index in [1.165, 1.54) is 12.6 Å². The third-order valence-corrected chi connectivity index (χ3v) is 8.00. The van der Waals surface area contributed by atoms with E-state index in [0.29, 0.717) is 44.2 Å². The van der Waals surface area contributed by atoms with Gasteiger partial charge >= 0.3 is 7.12 Å². The first-order valence-electron chi connectivity index (χ1n) is 13.6. The number of anilines is 2. The second-order valence-electron chi connectivity index (χ2n) is 10.6. The zero-order valence-electron chi connectivity index (χ0n) is 22.7. The van der Waals surface area contributed by atoms with Gasteiger partial charge in [0.2, 0.25) is 5.88 Å². The van der Waals surface area contributed by atoms with E-state index >= 15 is 0 Å². The smallest absolute Gasteiger partial charge is 0.440 e. The predicted octanol–water partition coefficient (Wildman–Crippen LogP) is 5.34. The number of hydrogen-bond acceptors (Lipinski definition) is 8. The molecule has 10 heteroatoms. The maximum absolute atomic E-state index is 13.5. The number of nitrogens with zero attached hydrogens (tertiary/aromatic N) is 3. The van der Waals surface area contributed by atoms with Gasteiger partial charge in [-0.1, -0.05) is 17.7 Å². The van der Waals surface area contributed by atoms with E-state index in [9.17, 15) is 9.82 Å². The molecule has 204 valence electrons. The van der Waals surface area contributed by atoms with Crippen LogP contribution in [-0.2, 0) is 4.76 Å². The van der Waals surface area contributed by atoms with Crippen LogP contribution in [0, 0.1) is 13.8 Å². The molecule has 2 aromatic heterocycles. The van der Waals surface area contributed by atoms with Crippen molar-refractivity contribution in [1.29, 1.82) is 0 Å². The van der Waals surface area contributed by atoms with Crippen LogP contribution in [0.4, 0.5) is 11.6 Å². The van der Waals surface area contributed by atoms with Crippen molar-refractivity contribution in [2.24, 2.45) is 5.16 Å². The second-order valence-corrected chi connectivity index (χ2v) is 11.0. The van der Waals surface area contributed by atoms with Crippen LogP contribution in [0.5, 0.6) is 0 Å². The number of benzene rings is 2. The maximum Gasteiger partial charge on any atom is 0.585 e. The van der Waals surface area contributed by atoms with Crippen molar-refractivity contribution in [3.8, 4) is 11.3 Å². The Morgan fingerprint density at radius 1 is 1.15 bits per heavy atom. The lowest BCUT2D eigenvalue weighted by atomic mass is 9.75. The minimum atomic E-state index is -1.22. The molecule has 1 atom stereocenters. The first kappa shape index (κ1) is 26.4. The zero-order valence-corrected chi connectivity index (χ0v) is 23.5. The van der Waals surface area contributed by atoms with Gasteiger partial charge in [-0.2, -0.15) is 0 Å². The monoisotopic (exact) mass is 556 g/mol. The highest BCUT2D eigenvalue weighted by atomic mass is 35.5. The van der Waals surface area contributed by atoms with Crippen LogP contribution in [0.2, 0.25) is 5.02 Å². The summed E-state index contributed by atoms with van der Waals surface area (Å²) in [5.41, 5.74) is 6.54. The summed E-state index contributed by atoms with van der Waals surface area (Å²) in [5, 5.41) is 18.5. The number of fused-ring (bicyclic) bond motifs is 2. The molecule has 0 bridgehead atoms. The van der Waals surface area contributed by atoms with Gasteiger partial charge in [-0.3, -0.25) is 9.78 Å². The minimum Gasteiger partial charge on any atom is -0.440 e. The summed E-state index contributed by atoms with van der Waals surface area (Å²) in [5.74, 6) is 0.674. The molecule has 4 aromatic rings. The third-order valence-electron chi connectivity index (χ3n) is 7.69. The molecule has 0 amide bonds. The molecule has 8 nitrogen and oxygen atoms in total. The Hall–Kier alpha value is -3.82. The lowest BCUT2D eigenvalue weighted by molar-refractivity contribution is 0.286. The van der Waals surface area contributed by atoms with Crippen LogP contribution < -0.4 is 21.1 Å². The van der Waals surface area contributed by atoms with Gasteiger partial charge in [0.1, 0.15) is 5.58 Å². The van der Waals surface area contributed by atoms with E-state index in [0.717, 1.165) is 48.3 Å². The highest BCUT2D eigenvalue weighted by Crippen LogP contribution is 2.35. The SMILES string of the molecule is Cc1cc(C(C)Nc2cccnc2-c2cc(Cl)c3c(c2)C=NOB3O)c2oc(N3CCCCC3)c(C)c(=O)c2c1. The number of rotatable bonds is 5. The zero-order chi connectivity index (χ0) is 28.0. The first-order valence-corrected chi connectivity index (χ1v) is 13.9. The molecule has 0 spiro atoms. The van der Waals surface area contributed by atoms with Crippen LogP contribution in [0.15, 0.2) is 57.0 Å². The largest absolute Gasteiger partial charge is 0.585 e. The van der Waals surface area contributed by atoms with Crippen molar-refractivity contribution in [2.45, 2.75) is 46.1 Å². The van der Waals surface area contributed by atoms with E-state index in [4.69, 9.17) is 20.8 Å². The van der Waals surface area contributed by atoms with E-state index in [-0.39, 0.29) is 11.5 Å². The summed E-state index contributed by atoms with van der Waals surface area (Å²) in [7, 11) is -1.22. The molecule has 4 heterocycles. The van der Waals surface area contributed by atoms with Gasteiger partial charge in [0.05, 0.1) is 34.6 Å². The van der Waals surface area contributed by atoms with E-state index in [1.807, 2.05) is 45.0 Å². The molecule has 1 fully saturated rings. The quantitative estimate of drug-likeness (QED) is 0.320. The Morgan fingerprint density at radius 2 is 1.95 bits per heavy atom. The van der Waals surface area contributed by atoms with Gasteiger partial charge in [0.25, 0.3) is 0 Å². The number of nitrogens with one attached hydrogen (secondary N) is 1. The molecular formula is C30H30BClN4O4. The van der Waals surface area contributed by atoms with Gasteiger partial charge in [-0.15, -0.1) is 5.16 Å². The molecule has 0 saturated carbocycles. The van der Waals surface area contributed by atoms with Crippen LogP contribution in [0.3, 0.4) is 0 Å². The number of hydrogen-bond donors (Lipinski definition) is 2. The summed E-state index contributed by atoms with van der Waals surface area (Å²) in [6.07, 6.45) is 6.63. The predicted molar refractivity (Wildman–Crippen MR) is 161 cm³/mol. The number of pyridine rings is 1. The van der Waals surface area contributed by atoms with Crippen LogP contribution in [-0.4, -0.2) is 36.4 Å². The highest BCUT2D eigenvalue weighted by Gasteiger charge is 2.29. The molecule has 0 radical (unpaired) electrons. The van der Waals surface area contributed by atoms with Crippen molar-refractivity contribution < 1.29 is 14.2 Å². The molecule has 1 saturated heterocycles. The maximum atomic E-state index is 13.5. The van der Waals surface area contributed by atoms with Crippen molar-refractivity contribution in [1.82, 2.24) is 4.98 Å².